The number of hydrogen-bond acceptors (Lipinski definition) is 4. The number of nitrogens with one attached hydrogen (secondary N) is 1. The van der Waals surface area contributed by atoms with Crippen LogP contribution >= 0.6 is 12.4 Å². The molecule has 1 aromatic carbocycles. The maximum Gasteiger partial charge on any atom is 0.131 e. The number of nitrogen functional groups attached to an aromatic ring is 1. The van der Waals surface area contributed by atoms with E-state index in [4.69, 9.17) is 10.5 Å². The lowest BCUT2D eigenvalue weighted by atomic mass is 10.0. The van der Waals surface area contributed by atoms with Crippen molar-refractivity contribution in [2.24, 2.45) is 5.92 Å². The molecule has 1 fully saturated rings. The Balaban J connectivity index is 0.00000147. The largest absolute Gasteiger partial charge is 0.493 e. The maximum atomic E-state index is 5.99. The third-order valence-corrected chi connectivity index (χ3v) is 3.67. The normalized spacial score (nSPS) is 18.5. The molecule has 3 N–H and O–H groups in total. The van der Waals surface area contributed by atoms with Crippen LogP contribution in [0.25, 0.3) is 10.8 Å². The van der Waals surface area contributed by atoms with Crippen LogP contribution in [-0.4, -0.2) is 24.7 Å². The minimum absolute atomic E-state index is 0. The van der Waals surface area contributed by atoms with Gasteiger partial charge in [-0.2, -0.15) is 0 Å². The second-order valence-corrected chi connectivity index (χ2v) is 5.07. The number of benzene rings is 1. The number of nitrogens with zero attached hydrogens (tertiary/aromatic N) is 1. The number of hydrogen-bond donors (Lipinski definition) is 2. The van der Waals surface area contributed by atoms with Gasteiger partial charge in [0.2, 0.25) is 0 Å². The Hall–Kier alpha value is -1.52. The van der Waals surface area contributed by atoms with Gasteiger partial charge in [0.05, 0.1) is 6.61 Å². The van der Waals surface area contributed by atoms with Crippen molar-refractivity contribution in [3.63, 3.8) is 0 Å². The number of halogens is 1. The third kappa shape index (κ3) is 3.14. The summed E-state index contributed by atoms with van der Waals surface area (Å²) in [6.07, 6.45) is 4.20. The molecule has 0 amide bonds. The average Bonchev–Trinajstić information content (AvgIpc) is 2.47. The molecule has 1 unspecified atom stereocenters. The van der Waals surface area contributed by atoms with E-state index in [-0.39, 0.29) is 12.4 Å². The molecule has 0 aliphatic carbocycles. The SMILES string of the molecule is Cl.Nc1nccc2c(OCC3CCCNC3)cccc12. The van der Waals surface area contributed by atoms with Gasteiger partial charge in [-0.05, 0) is 31.5 Å². The van der Waals surface area contributed by atoms with Gasteiger partial charge in [0.1, 0.15) is 11.6 Å². The van der Waals surface area contributed by atoms with E-state index in [1.165, 1.54) is 12.8 Å². The van der Waals surface area contributed by atoms with Gasteiger partial charge < -0.3 is 15.8 Å². The summed E-state index contributed by atoms with van der Waals surface area (Å²) in [5.41, 5.74) is 5.89. The Morgan fingerprint density at radius 3 is 3.00 bits per heavy atom. The van der Waals surface area contributed by atoms with Gasteiger partial charge >= 0.3 is 0 Å². The zero-order valence-electron chi connectivity index (χ0n) is 11.3. The third-order valence-electron chi connectivity index (χ3n) is 3.67. The van der Waals surface area contributed by atoms with Crippen LogP contribution in [0, 0.1) is 5.92 Å². The molecule has 1 aliphatic rings. The van der Waals surface area contributed by atoms with Gasteiger partial charge in [-0.1, -0.05) is 12.1 Å². The van der Waals surface area contributed by atoms with E-state index in [0.717, 1.165) is 36.2 Å². The zero-order chi connectivity index (χ0) is 13.1. The monoisotopic (exact) mass is 293 g/mol. The predicted molar refractivity (Wildman–Crippen MR) is 84.5 cm³/mol. The van der Waals surface area contributed by atoms with Crippen LogP contribution in [0.3, 0.4) is 0 Å². The van der Waals surface area contributed by atoms with E-state index < -0.39 is 0 Å². The summed E-state index contributed by atoms with van der Waals surface area (Å²) in [6, 6.07) is 7.90. The summed E-state index contributed by atoms with van der Waals surface area (Å²) in [5.74, 6) is 2.06. The molecular formula is C15H20ClN3O. The highest BCUT2D eigenvalue weighted by molar-refractivity contribution is 5.94. The summed E-state index contributed by atoms with van der Waals surface area (Å²) < 4.78 is 5.99. The van der Waals surface area contributed by atoms with Crippen molar-refractivity contribution in [1.82, 2.24) is 10.3 Å². The highest BCUT2D eigenvalue weighted by atomic mass is 35.5. The smallest absolute Gasteiger partial charge is 0.131 e. The second-order valence-electron chi connectivity index (χ2n) is 5.07. The Morgan fingerprint density at radius 1 is 1.30 bits per heavy atom. The van der Waals surface area contributed by atoms with Crippen molar-refractivity contribution >= 4 is 29.0 Å². The van der Waals surface area contributed by atoms with Crippen molar-refractivity contribution in [1.29, 1.82) is 0 Å². The average molecular weight is 294 g/mol. The molecular weight excluding hydrogens is 274 g/mol. The topological polar surface area (TPSA) is 60.2 Å². The number of fused-ring (bicyclic) bond motifs is 1. The molecule has 1 aliphatic heterocycles. The molecule has 3 rings (SSSR count). The fourth-order valence-corrected chi connectivity index (χ4v) is 2.60. The molecule has 20 heavy (non-hydrogen) atoms. The molecule has 1 saturated heterocycles. The number of anilines is 1. The highest BCUT2D eigenvalue weighted by Gasteiger charge is 2.14. The minimum Gasteiger partial charge on any atom is -0.493 e. The number of nitrogens with two attached hydrogens (primary N) is 1. The van der Waals surface area contributed by atoms with E-state index in [0.29, 0.717) is 11.7 Å². The molecule has 1 atom stereocenters. The number of rotatable bonds is 3. The fraction of sp³-hybridized carbons (Fsp3) is 0.400. The molecule has 0 bridgehead atoms. The van der Waals surface area contributed by atoms with Crippen LogP contribution in [0.5, 0.6) is 5.75 Å². The minimum atomic E-state index is 0. The lowest BCUT2D eigenvalue weighted by molar-refractivity contribution is 0.220. The summed E-state index contributed by atoms with van der Waals surface area (Å²) >= 11 is 0. The maximum absolute atomic E-state index is 5.99. The van der Waals surface area contributed by atoms with Gasteiger partial charge in [-0.15, -0.1) is 12.4 Å². The lowest BCUT2D eigenvalue weighted by Gasteiger charge is -2.23. The quantitative estimate of drug-likeness (QED) is 0.913. The molecule has 2 heterocycles. The van der Waals surface area contributed by atoms with Crippen molar-refractivity contribution in [3.8, 4) is 5.75 Å². The standard InChI is InChI=1S/C15H19N3O.ClH/c16-15-13-4-1-5-14(12(13)6-8-18-15)19-10-11-3-2-7-17-9-11;/h1,4-6,8,11,17H,2-3,7,9-10H2,(H2,16,18);1H. The number of aromatic nitrogens is 1. The van der Waals surface area contributed by atoms with Crippen molar-refractivity contribution in [2.45, 2.75) is 12.8 Å². The van der Waals surface area contributed by atoms with Crippen LogP contribution in [0.4, 0.5) is 5.82 Å². The van der Waals surface area contributed by atoms with E-state index in [1.807, 2.05) is 24.3 Å². The highest BCUT2D eigenvalue weighted by Crippen LogP contribution is 2.28. The molecule has 1 aromatic heterocycles. The Morgan fingerprint density at radius 2 is 2.20 bits per heavy atom. The summed E-state index contributed by atoms with van der Waals surface area (Å²) in [4.78, 5) is 4.11. The van der Waals surface area contributed by atoms with Crippen LogP contribution < -0.4 is 15.8 Å². The summed E-state index contributed by atoms with van der Waals surface area (Å²) in [7, 11) is 0. The molecule has 2 aromatic rings. The predicted octanol–water partition coefficient (Wildman–Crippen LogP) is 2.62. The zero-order valence-corrected chi connectivity index (χ0v) is 12.2. The molecule has 0 spiro atoms. The van der Waals surface area contributed by atoms with Crippen LogP contribution in [-0.2, 0) is 0 Å². The molecule has 4 nitrogen and oxygen atoms in total. The first kappa shape index (κ1) is 14.9. The van der Waals surface area contributed by atoms with Crippen LogP contribution in [0.2, 0.25) is 0 Å². The Bertz CT molecular complexity index is 570. The molecule has 5 heteroatoms. The van der Waals surface area contributed by atoms with Crippen LogP contribution in [0.1, 0.15) is 12.8 Å². The Kier molecular flexibility index (Phi) is 5.04. The second kappa shape index (κ2) is 6.77. The number of pyridine rings is 1. The first-order chi connectivity index (χ1) is 9.34. The summed E-state index contributed by atoms with van der Waals surface area (Å²) in [6.45, 7) is 2.94. The fourth-order valence-electron chi connectivity index (χ4n) is 2.60. The van der Waals surface area contributed by atoms with E-state index in [2.05, 4.69) is 10.3 Å². The van der Waals surface area contributed by atoms with Crippen molar-refractivity contribution < 1.29 is 4.74 Å². The first-order valence-corrected chi connectivity index (χ1v) is 6.81. The first-order valence-electron chi connectivity index (χ1n) is 6.81. The van der Waals surface area contributed by atoms with Crippen molar-refractivity contribution in [2.75, 3.05) is 25.4 Å². The summed E-state index contributed by atoms with van der Waals surface area (Å²) in [5, 5.41) is 5.41. The van der Waals surface area contributed by atoms with E-state index >= 15 is 0 Å². The van der Waals surface area contributed by atoms with E-state index in [1.54, 1.807) is 6.20 Å². The molecule has 0 radical (unpaired) electrons. The molecule has 108 valence electrons. The van der Waals surface area contributed by atoms with Gasteiger partial charge in [-0.3, -0.25) is 0 Å². The van der Waals surface area contributed by atoms with Gasteiger partial charge in [0.15, 0.2) is 0 Å². The number of piperidine rings is 1. The lowest BCUT2D eigenvalue weighted by Crippen LogP contribution is -2.33. The Labute approximate surface area is 125 Å². The van der Waals surface area contributed by atoms with Crippen LogP contribution in [0.15, 0.2) is 30.5 Å². The van der Waals surface area contributed by atoms with E-state index in [9.17, 15) is 0 Å². The molecule has 0 saturated carbocycles. The van der Waals surface area contributed by atoms with Gasteiger partial charge in [0, 0.05) is 29.4 Å². The number of ether oxygens (including phenoxy) is 1. The van der Waals surface area contributed by atoms with Gasteiger partial charge in [0.25, 0.3) is 0 Å². The van der Waals surface area contributed by atoms with Crippen molar-refractivity contribution in [3.05, 3.63) is 30.5 Å². The van der Waals surface area contributed by atoms with Gasteiger partial charge in [-0.25, -0.2) is 4.98 Å².